The molecule has 0 amide bonds. The fraction of sp³-hybridized carbons (Fsp3) is 0.213. The van der Waals surface area contributed by atoms with Crippen molar-refractivity contribution in [2.75, 3.05) is 0 Å². The van der Waals surface area contributed by atoms with E-state index in [1.54, 1.807) is 4.40 Å². The first-order valence-electron chi connectivity index (χ1n) is 23.5. The quantitative estimate of drug-likeness (QED) is 0.0865. The van der Waals surface area contributed by atoms with E-state index in [0.717, 1.165) is 67.4 Å². The average molecular weight is 1110 g/mol. The molecule has 3 aromatic heterocycles. The van der Waals surface area contributed by atoms with Crippen LogP contribution < -0.4 is 4.40 Å². The van der Waals surface area contributed by atoms with Gasteiger partial charge >= 0.3 is 126 Å². The van der Waals surface area contributed by atoms with Crippen LogP contribution in [0.15, 0.2) is 156 Å². The molecule has 0 N–H and O–H groups in total. The van der Waals surface area contributed by atoms with Crippen LogP contribution in [0.1, 0.15) is 70.1 Å². The van der Waals surface area contributed by atoms with Crippen molar-refractivity contribution in [2.45, 2.75) is 77.1 Å². The Kier molecular flexibility index (Phi) is 12.9. The number of para-hydroxylation sites is 1. The Morgan fingerprint density at radius 3 is 1.91 bits per heavy atom. The van der Waals surface area contributed by atoms with E-state index in [-0.39, 0.29) is 20.1 Å². The summed E-state index contributed by atoms with van der Waals surface area (Å²) in [7, 11) is 0. The second-order valence-electron chi connectivity index (χ2n) is 19.9. The number of pyridine rings is 1. The number of hydrogen-bond acceptors (Lipinski definition) is 3. The molecule has 0 aliphatic rings. The molecule has 1 radical (unpaired) electrons. The monoisotopic (exact) mass is 1110 g/mol. The first kappa shape index (κ1) is 46.3. The molecule has 11 aromatic rings. The number of benzene rings is 8. The van der Waals surface area contributed by atoms with E-state index in [2.05, 4.69) is 203 Å². The third-order valence-electron chi connectivity index (χ3n) is 13.1. The molecule has 337 valence electrons. The van der Waals surface area contributed by atoms with Crippen LogP contribution >= 0.6 is 0 Å². The number of fused-ring (bicyclic) bond motifs is 10. The molecule has 0 unspecified atom stereocenters. The van der Waals surface area contributed by atoms with Crippen LogP contribution in [-0.2, 0) is 26.5 Å². The molecule has 11 rings (SSSR count). The molecular weight excluding hydrogens is 1060 g/mol. The summed E-state index contributed by atoms with van der Waals surface area (Å²) in [6, 6.07) is 58.5. The summed E-state index contributed by atoms with van der Waals surface area (Å²) < 4.78 is 10.9. The fourth-order valence-electron chi connectivity index (χ4n) is 9.93. The van der Waals surface area contributed by atoms with Crippen molar-refractivity contribution in [2.24, 2.45) is 5.92 Å². The maximum atomic E-state index is 6.95. The molecule has 4 nitrogen and oxygen atoms in total. The van der Waals surface area contributed by atoms with Gasteiger partial charge in [-0.05, 0) is 50.6 Å². The van der Waals surface area contributed by atoms with Crippen molar-refractivity contribution in [3.05, 3.63) is 181 Å². The second-order valence-corrected chi connectivity index (χ2v) is 30.5. The minimum Gasteiger partial charge on any atom is -0.500 e. The minimum atomic E-state index is -1.86. The predicted molar refractivity (Wildman–Crippen MR) is 283 cm³/mol. The van der Waals surface area contributed by atoms with Gasteiger partial charge in [0, 0.05) is 42.0 Å². The van der Waals surface area contributed by atoms with E-state index >= 15 is 0 Å². The summed E-state index contributed by atoms with van der Waals surface area (Å²) in [6.07, 6.45) is 3.27. The van der Waals surface area contributed by atoms with Gasteiger partial charge in [0.15, 0.2) is 0 Å². The van der Waals surface area contributed by atoms with Gasteiger partial charge < -0.3 is 8.98 Å². The number of aromatic nitrogens is 3. The van der Waals surface area contributed by atoms with Gasteiger partial charge in [0.05, 0.1) is 22.4 Å². The second kappa shape index (κ2) is 18.7. The van der Waals surface area contributed by atoms with Crippen molar-refractivity contribution < 1.29 is 24.5 Å². The summed E-state index contributed by atoms with van der Waals surface area (Å²) in [5.41, 5.74) is 12.1. The SMILES string of the molecule is CC(C)Cc1cc(-c2[c-]cccc2)nc[c]1[Ge]([CH3])([CH3])[CH3].CC(C)c1cccc(C(C)C)c1-n1c(-c2[c-]ccc3c2oc2c3ccc3c4ccccc4ccc32)nc2ccc3ccccc3c21.[Ir]. The first-order valence-corrected chi connectivity index (χ1v) is 30.9. The molecule has 0 spiro atoms. The number of rotatable bonds is 8. The summed E-state index contributed by atoms with van der Waals surface area (Å²) in [5.74, 6) is 9.48. The molecule has 67 heavy (non-hydrogen) atoms. The van der Waals surface area contributed by atoms with Gasteiger partial charge in [-0.1, -0.05) is 136 Å². The van der Waals surface area contributed by atoms with Crippen LogP contribution in [0, 0.1) is 18.1 Å². The van der Waals surface area contributed by atoms with Crippen LogP contribution in [0.25, 0.3) is 93.6 Å². The van der Waals surface area contributed by atoms with Crippen molar-refractivity contribution in [3.63, 3.8) is 0 Å². The van der Waals surface area contributed by atoms with Crippen molar-refractivity contribution >= 4 is 83.0 Å². The van der Waals surface area contributed by atoms with E-state index in [9.17, 15) is 0 Å². The first-order chi connectivity index (χ1) is 31.9. The van der Waals surface area contributed by atoms with Gasteiger partial charge in [0.1, 0.15) is 5.58 Å². The molecule has 0 saturated heterocycles. The van der Waals surface area contributed by atoms with Crippen LogP contribution in [0.3, 0.4) is 0 Å². The molecule has 0 atom stereocenters. The largest absolute Gasteiger partial charge is 0.500 e. The fourth-order valence-corrected chi connectivity index (χ4v) is 13.3. The Morgan fingerprint density at radius 1 is 0.597 bits per heavy atom. The molecule has 0 bridgehead atoms. The van der Waals surface area contributed by atoms with E-state index < -0.39 is 13.3 Å². The number of furan rings is 1. The Bertz CT molecular complexity index is 3570. The van der Waals surface area contributed by atoms with E-state index in [1.807, 2.05) is 24.3 Å². The van der Waals surface area contributed by atoms with Crippen molar-refractivity contribution in [1.82, 2.24) is 14.5 Å². The summed E-state index contributed by atoms with van der Waals surface area (Å²) in [4.78, 5) is 10.1. The van der Waals surface area contributed by atoms with E-state index in [0.29, 0.717) is 17.8 Å². The topological polar surface area (TPSA) is 43.9 Å². The number of nitrogens with zero attached hydrogens (tertiary/aromatic N) is 3. The van der Waals surface area contributed by atoms with E-state index in [4.69, 9.17) is 14.4 Å². The van der Waals surface area contributed by atoms with Crippen LogP contribution in [0.5, 0.6) is 0 Å². The van der Waals surface area contributed by atoms with Gasteiger partial charge in [-0.15, -0.1) is 18.2 Å². The van der Waals surface area contributed by atoms with Gasteiger partial charge in [-0.2, -0.15) is 0 Å². The van der Waals surface area contributed by atoms with Crippen LogP contribution in [0.2, 0.25) is 17.3 Å². The van der Waals surface area contributed by atoms with Crippen LogP contribution in [-0.4, -0.2) is 27.8 Å². The van der Waals surface area contributed by atoms with Crippen molar-refractivity contribution in [3.8, 4) is 28.3 Å². The van der Waals surface area contributed by atoms with Gasteiger partial charge in [0.2, 0.25) is 0 Å². The average Bonchev–Trinajstić information content (AvgIpc) is 3.90. The molecule has 0 aliphatic carbocycles. The Hall–Kier alpha value is -5.85. The van der Waals surface area contributed by atoms with Gasteiger partial charge in [-0.3, -0.25) is 4.98 Å². The Balaban J connectivity index is 0.000000226. The third-order valence-corrected chi connectivity index (χ3v) is 17.4. The normalized spacial score (nSPS) is 12.0. The number of hydrogen-bond donors (Lipinski definition) is 0. The summed E-state index contributed by atoms with van der Waals surface area (Å²) in [6.45, 7) is 13.7. The summed E-state index contributed by atoms with van der Waals surface area (Å²) >= 11 is -1.86. The van der Waals surface area contributed by atoms with Gasteiger partial charge in [0.25, 0.3) is 0 Å². The van der Waals surface area contributed by atoms with E-state index in [1.165, 1.54) is 49.3 Å². The van der Waals surface area contributed by atoms with Crippen LogP contribution in [0.4, 0.5) is 0 Å². The molecular formula is C61H57GeIrN3O-2. The molecule has 0 aliphatic heterocycles. The maximum Gasteiger partial charge on any atom is 0.128 e. The standard InChI is InChI=1S/C43H33N2O.C18H24GeN.Ir/c1-25(2)29-15-9-16-30(26(3)4)39(29)45-40-32-14-8-6-12-28(32)20-24-38(40)44-43(45)37-18-10-17-34-36-23-22-33-31-13-7-5-11-27(31)19-21-35(33)41(36)46-42(34)37;1-14(2)11-16-12-18(15-9-7-6-8-10-15)20-13-17(16)19(3,4)5;/h5-17,19-26H,1-4H3;6-9,12-14H,11H2,1-5H3;/q2*-1;. The minimum absolute atomic E-state index is 0. The molecule has 0 saturated carbocycles. The zero-order chi connectivity index (χ0) is 45.9. The third kappa shape index (κ3) is 8.56. The number of imidazole rings is 1. The van der Waals surface area contributed by atoms with Gasteiger partial charge in [-0.25, -0.2) is 0 Å². The zero-order valence-electron chi connectivity index (χ0n) is 40.0. The maximum absolute atomic E-state index is 6.95. The Labute approximate surface area is 411 Å². The molecule has 3 heterocycles. The summed E-state index contributed by atoms with van der Waals surface area (Å²) in [5, 5.41) is 9.32. The molecule has 8 aromatic carbocycles. The molecule has 6 heteroatoms. The predicted octanol–water partition coefficient (Wildman–Crippen LogP) is 16.4. The van der Waals surface area contributed by atoms with Crippen molar-refractivity contribution in [1.29, 1.82) is 0 Å². The zero-order valence-corrected chi connectivity index (χ0v) is 44.4. The smallest absolute Gasteiger partial charge is 0.128 e. The Morgan fingerprint density at radius 2 is 1.22 bits per heavy atom. The molecule has 0 fully saturated rings.